The Morgan fingerprint density at radius 3 is 2.44 bits per heavy atom. The van der Waals surface area contributed by atoms with Gasteiger partial charge in [0, 0.05) is 25.0 Å². The van der Waals surface area contributed by atoms with Gasteiger partial charge < -0.3 is 14.6 Å². The molecule has 0 aliphatic rings. The molecule has 3 aromatic rings. The minimum atomic E-state index is -0.702. The van der Waals surface area contributed by atoms with Gasteiger partial charge >= 0.3 is 0 Å². The van der Waals surface area contributed by atoms with Crippen LogP contribution in [0.2, 0.25) is 0 Å². The van der Waals surface area contributed by atoms with Gasteiger partial charge in [-0.05, 0) is 5.56 Å². The van der Waals surface area contributed by atoms with Crippen LogP contribution in [0.25, 0.3) is 11.4 Å². The summed E-state index contributed by atoms with van der Waals surface area (Å²) in [6.07, 6.45) is 2.78. The van der Waals surface area contributed by atoms with Gasteiger partial charge in [-0.3, -0.25) is 4.79 Å². The first kappa shape index (κ1) is 16.9. The SMILES string of the molecule is CN(CC(O)c1ccccc1)C(=O)Cn1ccnc1-c1ccccc1. The van der Waals surface area contributed by atoms with Gasteiger partial charge in [0.15, 0.2) is 0 Å². The molecule has 0 radical (unpaired) electrons. The van der Waals surface area contributed by atoms with Gasteiger partial charge in [-0.1, -0.05) is 60.7 Å². The van der Waals surface area contributed by atoms with E-state index in [1.54, 1.807) is 24.3 Å². The number of aromatic nitrogens is 2. The van der Waals surface area contributed by atoms with E-state index in [2.05, 4.69) is 4.98 Å². The van der Waals surface area contributed by atoms with Crippen molar-refractivity contribution in [2.45, 2.75) is 12.6 Å². The van der Waals surface area contributed by atoms with E-state index in [1.807, 2.05) is 65.2 Å². The first-order valence-corrected chi connectivity index (χ1v) is 8.18. The molecule has 5 nitrogen and oxygen atoms in total. The van der Waals surface area contributed by atoms with E-state index in [4.69, 9.17) is 0 Å². The first-order chi connectivity index (χ1) is 12.1. The summed E-state index contributed by atoms with van der Waals surface area (Å²) in [6.45, 7) is 0.431. The van der Waals surface area contributed by atoms with Crippen molar-refractivity contribution in [3.8, 4) is 11.4 Å². The molecule has 0 fully saturated rings. The van der Waals surface area contributed by atoms with Crippen molar-refractivity contribution in [2.75, 3.05) is 13.6 Å². The van der Waals surface area contributed by atoms with Gasteiger partial charge in [0.05, 0.1) is 12.6 Å². The van der Waals surface area contributed by atoms with Crippen molar-refractivity contribution in [3.63, 3.8) is 0 Å². The Bertz CT molecular complexity index is 815. The second-order valence-electron chi connectivity index (χ2n) is 5.95. The summed E-state index contributed by atoms with van der Waals surface area (Å²) in [5, 5.41) is 10.3. The lowest BCUT2D eigenvalue weighted by atomic mass is 10.1. The summed E-state index contributed by atoms with van der Waals surface area (Å²) in [5.74, 6) is 0.677. The molecule has 0 aliphatic heterocycles. The van der Waals surface area contributed by atoms with Crippen molar-refractivity contribution in [1.82, 2.24) is 14.5 Å². The van der Waals surface area contributed by atoms with E-state index in [1.165, 1.54) is 0 Å². The highest BCUT2D eigenvalue weighted by molar-refractivity contribution is 5.76. The number of benzene rings is 2. The van der Waals surface area contributed by atoms with E-state index in [0.717, 1.165) is 17.0 Å². The third kappa shape index (κ3) is 4.14. The van der Waals surface area contributed by atoms with E-state index in [9.17, 15) is 9.90 Å². The average Bonchev–Trinajstić information content (AvgIpc) is 3.11. The van der Waals surface area contributed by atoms with Crippen LogP contribution >= 0.6 is 0 Å². The summed E-state index contributed by atoms with van der Waals surface area (Å²) in [7, 11) is 1.70. The van der Waals surface area contributed by atoms with Gasteiger partial charge in [-0.15, -0.1) is 0 Å². The van der Waals surface area contributed by atoms with Gasteiger partial charge in [0.1, 0.15) is 12.4 Å². The van der Waals surface area contributed by atoms with Gasteiger partial charge in [-0.25, -0.2) is 4.98 Å². The predicted octanol–water partition coefficient (Wildman–Crippen LogP) is 2.74. The number of carbonyl (C=O) groups is 1. The van der Waals surface area contributed by atoms with Crippen molar-refractivity contribution >= 4 is 5.91 Å². The number of carbonyl (C=O) groups excluding carboxylic acids is 1. The van der Waals surface area contributed by atoms with Crippen molar-refractivity contribution in [3.05, 3.63) is 78.6 Å². The van der Waals surface area contributed by atoms with Crippen LogP contribution in [-0.2, 0) is 11.3 Å². The molecule has 1 atom stereocenters. The van der Waals surface area contributed by atoms with Crippen molar-refractivity contribution < 1.29 is 9.90 Å². The number of aliphatic hydroxyl groups excluding tert-OH is 1. The Labute approximate surface area is 147 Å². The fraction of sp³-hybridized carbons (Fsp3) is 0.200. The number of likely N-dealkylation sites (N-methyl/N-ethyl adjacent to an activating group) is 1. The fourth-order valence-electron chi connectivity index (χ4n) is 2.69. The van der Waals surface area contributed by atoms with Gasteiger partial charge in [0.2, 0.25) is 5.91 Å². The summed E-state index contributed by atoms with van der Waals surface area (Å²) in [6, 6.07) is 19.1. The fourth-order valence-corrected chi connectivity index (χ4v) is 2.69. The highest BCUT2D eigenvalue weighted by Crippen LogP contribution is 2.17. The molecule has 2 aromatic carbocycles. The number of amides is 1. The summed E-state index contributed by atoms with van der Waals surface area (Å²) in [4.78, 5) is 18.4. The molecule has 0 saturated heterocycles. The summed E-state index contributed by atoms with van der Waals surface area (Å²) in [5.41, 5.74) is 1.77. The molecule has 1 amide bonds. The van der Waals surface area contributed by atoms with Crippen LogP contribution in [0.15, 0.2) is 73.1 Å². The number of nitrogens with zero attached hydrogens (tertiary/aromatic N) is 3. The molecule has 1 heterocycles. The van der Waals surface area contributed by atoms with Gasteiger partial charge in [0.25, 0.3) is 0 Å². The molecule has 0 spiro atoms. The zero-order chi connectivity index (χ0) is 17.6. The zero-order valence-corrected chi connectivity index (χ0v) is 14.1. The summed E-state index contributed by atoms with van der Waals surface area (Å²) < 4.78 is 1.82. The quantitative estimate of drug-likeness (QED) is 0.753. The molecule has 25 heavy (non-hydrogen) atoms. The third-order valence-electron chi connectivity index (χ3n) is 4.11. The first-order valence-electron chi connectivity index (χ1n) is 8.18. The lowest BCUT2D eigenvalue weighted by Crippen LogP contribution is -2.33. The van der Waals surface area contributed by atoms with E-state index >= 15 is 0 Å². The molecule has 0 aliphatic carbocycles. The topological polar surface area (TPSA) is 58.4 Å². The van der Waals surface area contributed by atoms with Gasteiger partial charge in [-0.2, -0.15) is 0 Å². The number of hydrogen-bond donors (Lipinski definition) is 1. The number of aliphatic hydroxyl groups is 1. The van der Waals surface area contributed by atoms with Crippen LogP contribution in [-0.4, -0.2) is 39.1 Å². The second-order valence-corrected chi connectivity index (χ2v) is 5.95. The molecule has 0 saturated carbocycles. The lowest BCUT2D eigenvalue weighted by Gasteiger charge is -2.21. The minimum absolute atomic E-state index is 0.0786. The van der Waals surface area contributed by atoms with Crippen molar-refractivity contribution in [1.29, 1.82) is 0 Å². The molecule has 128 valence electrons. The smallest absolute Gasteiger partial charge is 0.242 e. The molecule has 0 bridgehead atoms. The molecule has 1 N–H and O–H groups in total. The molecular formula is C20H21N3O2. The number of rotatable bonds is 6. The van der Waals surface area contributed by atoms with E-state index in [0.29, 0.717) is 0 Å². The molecule has 3 rings (SSSR count). The van der Waals surface area contributed by atoms with Crippen LogP contribution in [0.5, 0.6) is 0 Å². The maximum Gasteiger partial charge on any atom is 0.242 e. The molecule has 1 unspecified atom stereocenters. The predicted molar refractivity (Wildman–Crippen MR) is 96.7 cm³/mol. The zero-order valence-electron chi connectivity index (χ0n) is 14.1. The Balaban J connectivity index is 1.66. The van der Waals surface area contributed by atoms with Crippen LogP contribution in [0.3, 0.4) is 0 Å². The Kier molecular flexibility index (Phi) is 5.26. The highest BCUT2D eigenvalue weighted by atomic mass is 16.3. The maximum absolute atomic E-state index is 12.5. The van der Waals surface area contributed by atoms with Crippen LogP contribution in [0.4, 0.5) is 0 Å². The summed E-state index contributed by atoms with van der Waals surface area (Å²) >= 11 is 0. The normalized spacial score (nSPS) is 11.9. The molecular weight excluding hydrogens is 314 g/mol. The van der Waals surface area contributed by atoms with E-state index < -0.39 is 6.10 Å². The minimum Gasteiger partial charge on any atom is -0.387 e. The number of hydrogen-bond acceptors (Lipinski definition) is 3. The number of imidazole rings is 1. The van der Waals surface area contributed by atoms with Crippen LogP contribution in [0.1, 0.15) is 11.7 Å². The average molecular weight is 335 g/mol. The van der Waals surface area contributed by atoms with Crippen LogP contribution < -0.4 is 0 Å². The highest BCUT2D eigenvalue weighted by Gasteiger charge is 2.17. The Hall–Kier alpha value is -2.92. The monoisotopic (exact) mass is 335 g/mol. The maximum atomic E-state index is 12.5. The Morgan fingerprint density at radius 1 is 1.12 bits per heavy atom. The van der Waals surface area contributed by atoms with Crippen LogP contribution in [0, 0.1) is 0 Å². The lowest BCUT2D eigenvalue weighted by molar-refractivity contribution is -0.131. The Morgan fingerprint density at radius 2 is 1.76 bits per heavy atom. The largest absolute Gasteiger partial charge is 0.387 e. The second kappa shape index (κ2) is 7.77. The van der Waals surface area contributed by atoms with E-state index in [-0.39, 0.29) is 19.0 Å². The standard InChI is InChI=1S/C20H21N3O2/c1-22(14-18(24)16-8-4-2-5-9-16)19(25)15-23-13-12-21-20(23)17-10-6-3-7-11-17/h2-13,18,24H,14-15H2,1H3. The molecule has 1 aromatic heterocycles. The van der Waals surface area contributed by atoms with Crippen molar-refractivity contribution in [2.24, 2.45) is 0 Å². The molecule has 5 heteroatoms. The third-order valence-corrected chi connectivity index (χ3v) is 4.11.